The van der Waals surface area contributed by atoms with Crippen molar-refractivity contribution in [3.8, 4) is 0 Å². The Balaban J connectivity index is 1.80. The summed E-state index contributed by atoms with van der Waals surface area (Å²) in [7, 11) is 1.50. The van der Waals surface area contributed by atoms with Gasteiger partial charge in [0.1, 0.15) is 0 Å². The Labute approximate surface area is 197 Å². The molecule has 4 nitrogen and oxygen atoms in total. The fourth-order valence-electron chi connectivity index (χ4n) is 3.87. The highest BCUT2D eigenvalue weighted by atomic mass is 35.5. The standard InChI is InChI=1S/C28H22ClNO3/c1-33-28(21-13-7-3-8-14-21,22-15-9-4-10-16-22)27(32)30-25-18-17-23(29)19-24(25)26(31)20-11-5-2-6-12-20/h2-19H,1H3,(H,30,32). The third kappa shape index (κ3) is 4.44. The van der Waals surface area contributed by atoms with E-state index in [9.17, 15) is 9.59 Å². The summed E-state index contributed by atoms with van der Waals surface area (Å²) >= 11 is 6.20. The second-order valence-corrected chi connectivity index (χ2v) is 7.89. The first-order valence-electron chi connectivity index (χ1n) is 10.4. The summed E-state index contributed by atoms with van der Waals surface area (Å²) in [5.41, 5.74) is 1.07. The quantitative estimate of drug-likeness (QED) is 0.342. The van der Waals surface area contributed by atoms with Crippen molar-refractivity contribution in [2.24, 2.45) is 0 Å². The highest BCUT2D eigenvalue weighted by molar-refractivity contribution is 6.31. The van der Waals surface area contributed by atoms with E-state index in [2.05, 4.69) is 5.32 Å². The van der Waals surface area contributed by atoms with Gasteiger partial charge >= 0.3 is 0 Å². The van der Waals surface area contributed by atoms with Crippen LogP contribution in [0.15, 0.2) is 109 Å². The lowest BCUT2D eigenvalue weighted by Gasteiger charge is -2.32. The van der Waals surface area contributed by atoms with Gasteiger partial charge in [0.2, 0.25) is 0 Å². The predicted octanol–water partition coefficient (Wildman–Crippen LogP) is 6.10. The number of rotatable bonds is 7. The molecule has 0 aliphatic rings. The minimum Gasteiger partial charge on any atom is -0.359 e. The van der Waals surface area contributed by atoms with Crippen LogP contribution in [0.1, 0.15) is 27.0 Å². The number of hydrogen-bond acceptors (Lipinski definition) is 3. The summed E-state index contributed by atoms with van der Waals surface area (Å²) in [5.74, 6) is -0.664. The van der Waals surface area contributed by atoms with Gasteiger partial charge in [-0.2, -0.15) is 0 Å². The number of benzene rings is 4. The van der Waals surface area contributed by atoms with Gasteiger partial charge in [-0.25, -0.2) is 0 Å². The molecule has 164 valence electrons. The van der Waals surface area contributed by atoms with Crippen LogP contribution in [0.25, 0.3) is 0 Å². The van der Waals surface area contributed by atoms with E-state index in [0.717, 1.165) is 0 Å². The van der Waals surface area contributed by atoms with E-state index in [0.29, 0.717) is 33.0 Å². The minimum atomic E-state index is -1.42. The first-order chi connectivity index (χ1) is 16.1. The highest BCUT2D eigenvalue weighted by Crippen LogP contribution is 2.35. The predicted molar refractivity (Wildman–Crippen MR) is 131 cm³/mol. The van der Waals surface area contributed by atoms with Crippen LogP contribution in [0.3, 0.4) is 0 Å². The van der Waals surface area contributed by atoms with E-state index in [1.54, 1.807) is 42.5 Å². The fraction of sp³-hybridized carbons (Fsp3) is 0.0714. The van der Waals surface area contributed by atoms with Gasteiger partial charge in [-0.1, -0.05) is 103 Å². The molecule has 1 amide bonds. The molecular formula is C28H22ClNO3. The molecule has 0 aromatic heterocycles. The SMILES string of the molecule is COC(C(=O)Nc1ccc(Cl)cc1C(=O)c1ccccc1)(c1ccccc1)c1ccccc1. The molecule has 0 saturated carbocycles. The third-order valence-corrected chi connectivity index (χ3v) is 5.73. The molecule has 4 rings (SSSR count). The molecule has 0 atom stereocenters. The lowest BCUT2D eigenvalue weighted by Crippen LogP contribution is -2.43. The summed E-state index contributed by atoms with van der Waals surface area (Å²) < 4.78 is 5.93. The van der Waals surface area contributed by atoms with Crippen LogP contribution in [0, 0.1) is 0 Å². The number of methoxy groups -OCH3 is 1. The van der Waals surface area contributed by atoms with Gasteiger partial charge < -0.3 is 10.1 Å². The summed E-state index contributed by atoms with van der Waals surface area (Å²) in [6.07, 6.45) is 0. The Kier molecular flexibility index (Phi) is 6.68. The normalized spacial score (nSPS) is 11.1. The maximum absolute atomic E-state index is 13.9. The molecule has 0 fully saturated rings. The molecule has 0 bridgehead atoms. The van der Waals surface area contributed by atoms with Crippen LogP contribution in [0.4, 0.5) is 5.69 Å². The number of halogens is 1. The maximum atomic E-state index is 13.9. The van der Waals surface area contributed by atoms with Crippen molar-refractivity contribution in [2.75, 3.05) is 12.4 Å². The molecule has 0 saturated heterocycles. The molecule has 0 radical (unpaired) electrons. The average molecular weight is 456 g/mol. The van der Waals surface area contributed by atoms with E-state index in [4.69, 9.17) is 16.3 Å². The first-order valence-corrected chi connectivity index (χ1v) is 10.8. The van der Waals surface area contributed by atoms with Gasteiger partial charge in [0.25, 0.3) is 5.91 Å². The topological polar surface area (TPSA) is 55.4 Å². The molecule has 0 spiro atoms. The fourth-order valence-corrected chi connectivity index (χ4v) is 4.04. The van der Waals surface area contributed by atoms with Crippen molar-refractivity contribution in [3.63, 3.8) is 0 Å². The van der Waals surface area contributed by atoms with Crippen molar-refractivity contribution in [1.82, 2.24) is 0 Å². The summed E-state index contributed by atoms with van der Waals surface area (Å²) in [6.45, 7) is 0. The van der Waals surface area contributed by atoms with Crippen LogP contribution in [0.5, 0.6) is 0 Å². The zero-order valence-corrected chi connectivity index (χ0v) is 18.8. The minimum absolute atomic E-state index is 0.240. The summed E-state index contributed by atoms with van der Waals surface area (Å²) in [5, 5.41) is 3.33. The molecule has 5 heteroatoms. The number of hydrogen-bond donors (Lipinski definition) is 1. The van der Waals surface area contributed by atoms with Crippen molar-refractivity contribution in [3.05, 3.63) is 136 Å². The summed E-state index contributed by atoms with van der Waals surface area (Å²) in [6, 6.07) is 32.2. The monoisotopic (exact) mass is 455 g/mol. The maximum Gasteiger partial charge on any atom is 0.265 e. The first kappa shape index (κ1) is 22.5. The number of nitrogens with one attached hydrogen (secondary N) is 1. The van der Waals surface area contributed by atoms with Gasteiger partial charge in [0.05, 0.1) is 5.69 Å². The molecule has 0 heterocycles. The van der Waals surface area contributed by atoms with Gasteiger partial charge in [-0.05, 0) is 29.3 Å². The molecule has 0 aliphatic carbocycles. The highest BCUT2D eigenvalue weighted by Gasteiger charge is 2.42. The molecule has 1 N–H and O–H groups in total. The Morgan fingerprint density at radius 2 is 1.27 bits per heavy atom. The second kappa shape index (κ2) is 9.82. The molecule has 33 heavy (non-hydrogen) atoms. The third-order valence-electron chi connectivity index (χ3n) is 5.50. The van der Waals surface area contributed by atoms with Crippen LogP contribution in [-0.2, 0) is 15.1 Å². The Morgan fingerprint density at radius 3 is 1.79 bits per heavy atom. The average Bonchev–Trinajstić information content (AvgIpc) is 2.87. The van der Waals surface area contributed by atoms with Crippen LogP contribution >= 0.6 is 11.6 Å². The van der Waals surface area contributed by atoms with Crippen molar-refractivity contribution < 1.29 is 14.3 Å². The van der Waals surface area contributed by atoms with E-state index in [-0.39, 0.29) is 5.78 Å². The number of ketones is 1. The lowest BCUT2D eigenvalue weighted by atomic mass is 9.85. The van der Waals surface area contributed by atoms with Gasteiger partial charge in [-0.15, -0.1) is 0 Å². The van der Waals surface area contributed by atoms with Crippen molar-refractivity contribution >= 4 is 29.0 Å². The number of anilines is 1. The largest absolute Gasteiger partial charge is 0.359 e. The molecule has 0 aliphatic heterocycles. The molecule has 4 aromatic carbocycles. The van der Waals surface area contributed by atoms with Crippen LogP contribution < -0.4 is 5.32 Å². The van der Waals surface area contributed by atoms with Crippen LogP contribution in [0.2, 0.25) is 5.02 Å². The number of amides is 1. The second-order valence-electron chi connectivity index (χ2n) is 7.46. The lowest BCUT2D eigenvalue weighted by molar-refractivity contribution is -0.134. The van der Waals surface area contributed by atoms with Crippen LogP contribution in [-0.4, -0.2) is 18.8 Å². The van der Waals surface area contributed by atoms with E-state index < -0.39 is 11.5 Å². The zero-order valence-electron chi connectivity index (χ0n) is 18.0. The molecular weight excluding hydrogens is 434 g/mol. The summed E-state index contributed by atoms with van der Waals surface area (Å²) in [4.78, 5) is 27.1. The number of carbonyl (C=O) groups excluding carboxylic acids is 2. The van der Waals surface area contributed by atoms with E-state index in [1.807, 2.05) is 66.7 Å². The smallest absolute Gasteiger partial charge is 0.265 e. The zero-order chi connectivity index (χ0) is 23.3. The van der Waals surface area contributed by atoms with E-state index in [1.165, 1.54) is 7.11 Å². The molecule has 0 unspecified atom stereocenters. The van der Waals surface area contributed by atoms with Gasteiger partial charge in [0, 0.05) is 23.3 Å². The number of ether oxygens (including phenoxy) is 1. The van der Waals surface area contributed by atoms with Gasteiger partial charge in [0.15, 0.2) is 11.4 Å². The Bertz CT molecular complexity index is 1220. The van der Waals surface area contributed by atoms with E-state index >= 15 is 0 Å². The number of carbonyl (C=O) groups is 2. The Hall–Kier alpha value is -3.73. The molecule has 4 aromatic rings. The Morgan fingerprint density at radius 1 is 0.758 bits per heavy atom. The van der Waals surface area contributed by atoms with Crippen molar-refractivity contribution in [2.45, 2.75) is 5.60 Å². The van der Waals surface area contributed by atoms with Gasteiger partial charge in [-0.3, -0.25) is 9.59 Å². The van der Waals surface area contributed by atoms with Crippen molar-refractivity contribution in [1.29, 1.82) is 0 Å².